The molecule has 1 aliphatic carbocycles. The Morgan fingerprint density at radius 3 is 2.04 bits per heavy atom. The molecule has 0 fully saturated rings. The van der Waals surface area contributed by atoms with E-state index in [1.165, 1.54) is 11.8 Å². The number of halogens is 3. The number of carboxylic acid groups (broad SMARTS) is 1. The van der Waals surface area contributed by atoms with E-state index >= 15 is 0 Å². The van der Waals surface area contributed by atoms with Crippen molar-refractivity contribution in [1.29, 1.82) is 0 Å². The molecule has 0 saturated carbocycles. The predicted molar refractivity (Wildman–Crippen MR) is 201 cm³/mol. The molecule has 288 valence electrons. The standard InChI is InChI=1S/C35H65F3O7S2Si2/c1-14-15-18-25(2)23-27(44-48(10,11)33(4,5)6)20-21-28-29(45-49(12,13)34(7,8)9)24-30(43-47(41,42)35(36,37)38)31(28)46-22-17-16-19-26(3)32(39)40/h20-21,25-29H,14-19,22-24H2,1-13H3,(H,39,40)/t25-,26?,27-,28+,29-/m1/s1. The summed E-state index contributed by atoms with van der Waals surface area (Å²) >= 11 is 1.27. The summed E-state index contributed by atoms with van der Waals surface area (Å²) in [6.07, 6.45) is 8.68. The van der Waals surface area contributed by atoms with Gasteiger partial charge in [0.05, 0.1) is 18.1 Å². The molecule has 0 spiro atoms. The van der Waals surface area contributed by atoms with Crippen LogP contribution in [0.25, 0.3) is 0 Å². The number of carboxylic acids is 1. The molecule has 0 heterocycles. The smallest absolute Gasteiger partial charge is 0.481 e. The van der Waals surface area contributed by atoms with E-state index in [0.29, 0.717) is 35.8 Å². The van der Waals surface area contributed by atoms with E-state index in [2.05, 4.69) is 81.6 Å². The first-order valence-electron chi connectivity index (χ1n) is 17.7. The molecule has 0 aromatic heterocycles. The van der Waals surface area contributed by atoms with Gasteiger partial charge in [-0.15, -0.1) is 11.8 Å². The fourth-order valence-electron chi connectivity index (χ4n) is 4.97. The van der Waals surface area contributed by atoms with E-state index in [-0.39, 0.29) is 28.4 Å². The van der Waals surface area contributed by atoms with E-state index in [9.17, 15) is 31.5 Å². The van der Waals surface area contributed by atoms with Crippen LogP contribution in [0.2, 0.25) is 36.3 Å². The van der Waals surface area contributed by atoms with Gasteiger partial charge in [-0.25, -0.2) is 0 Å². The summed E-state index contributed by atoms with van der Waals surface area (Å²) in [5.74, 6) is -1.34. The van der Waals surface area contributed by atoms with Crippen LogP contribution in [-0.4, -0.2) is 59.6 Å². The number of aliphatic carboxylic acids is 1. The molecule has 0 saturated heterocycles. The van der Waals surface area contributed by atoms with E-state index < -0.39 is 56.2 Å². The number of unbranched alkanes of at least 4 members (excludes halogenated alkanes) is 2. The van der Waals surface area contributed by atoms with Crippen LogP contribution in [-0.2, 0) is 27.9 Å². The highest BCUT2D eigenvalue weighted by Gasteiger charge is 2.51. The molecule has 0 aliphatic heterocycles. The molecule has 49 heavy (non-hydrogen) atoms. The van der Waals surface area contributed by atoms with Crippen LogP contribution in [0.15, 0.2) is 22.8 Å². The average Bonchev–Trinajstić information content (AvgIpc) is 3.21. The minimum Gasteiger partial charge on any atom is -0.481 e. The lowest BCUT2D eigenvalue weighted by Gasteiger charge is -2.40. The monoisotopic (exact) mass is 774 g/mol. The van der Waals surface area contributed by atoms with E-state index in [1.54, 1.807) is 6.92 Å². The van der Waals surface area contributed by atoms with Gasteiger partial charge in [-0.3, -0.25) is 4.79 Å². The number of hydrogen-bond acceptors (Lipinski definition) is 7. The van der Waals surface area contributed by atoms with Gasteiger partial charge in [-0.2, -0.15) is 21.6 Å². The fourth-order valence-corrected chi connectivity index (χ4v) is 9.44. The topological polar surface area (TPSA) is 99.1 Å². The molecular weight excluding hydrogens is 710 g/mol. The van der Waals surface area contributed by atoms with Crippen LogP contribution >= 0.6 is 11.8 Å². The summed E-state index contributed by atoms with van der Waals surface area (Å²) in [5, 5.41) is 8.99. The van der Waals surface area contributed by atoms with Crippen molar-refractivity contribution in [2.24, 2.45) is 17.8 Å². The molecule has 7 nitrogen and oxygen atoms in total. The summed E-state index contributed by atoms with van der Waals surface area (Å²) in [5.41, 5.74) is -5.58. The Morgan fingerprint density at radius 2 is 1.55 bits per heavy atom. The molecule has 0 amide bonds. The van der Waals surface area contributed by atoms with E-state index in [1.807, 2.05) is 12.2 Å². The Kier molecular flexibility index (Phi) is 17.3. The quantitative estimate of drug-likeness (QED) is 0.0429. The molecule has 0 radical (unpaired) electrons. The molecule has 0 aromatic rings. The number of rotatable bonds is 20. The van der Waals surface area contributed by atoms with Crippen molar-refractivity contribution in [3.05, 3.63) is 22.8 Å². The van der Waals surface area contributed by atoms with Crippen LogP contribution < -0.4 is 0 Å². The molecule has 0 bridgehead atoms. The Morgan fingerprint density at radius 1 is 0.980 bits per heavy atom. The van der Waals surface area contributed by atoms with Gasteiger partial charge in [0.2, 0.25) is 0 Å². The van der Waals surface area contributed by atoms with Crippen molar-refractivity contribution in [3.63, 3.8) is 0 Å². The Balaban J connectivity index is 3.71. The van der Waals surface area contributed by atoms with Crippen LogP contribution in [0.3, 0.4) is 0 Å². The molecule has 1 unspecified atom stereocenters. The SMILES string of the molecule is CCCC[C@@H](C)C[C@@H](C=C[C@@H]1C(SCCCCC(C)C(=O)O)=C(OS(=O)(=O)C(F)(F)F)C[C@H]1O[Si](C)(C)C(C)(C)C)O[Si](C)(C)C(C)(C)C. The van der Waals surface area contributed by atoms with E-state index in [0.717, 1.165) is 25.7 Å². The van der Waals surface area contributed by atoms with Gasteiger partial charge >= 0.3 is 21.6 Å². The third-order valence-corrected chi connectivity index (χ3v) is 21.6. The maximum Gasteiger partial charge on any atom is 0.534 e. The van der Waals surface area contributed by atoms with Gasteiger partial charge < -0.3 is 18.1 Å². The number of alkyl halides is 3. The molecular formula is C35H65F3O7S2Si2. The summed E-state index contributed by atoms with van der Waals surface area (Å²) in [4.78, 5) is 11.7. The van der Waals surface area contributed by atoms with Crippen molar-refractivity contribution in [3.8, 4) is 0 Å². The fraction of sp³-hybridized carbons (Fsp3) is 0.857. The first-order valence-corrected chi connectivity index (χ1v) is 25.9. The molecule has 0 aromatic carbocycles. The molecule has 1 aliphatic rings. The largest absolute Gasteiger partial charge is 0.534 e. The van der Waals surface area contributed by atoms with Gasteiger partial charge in [0.25, 0.3) is 0 Å². The van der Waals surface area contributed by atoms with Gasteiger partial charge in [0.15, 0.2) is 16.6 Å². The average molecular weight is 775 g/mol. The maximum atomic E-state index is 13.6. The molecule has 14 heteroatoms. The van der Waals surface area contributed by atoms with Crippen LogP contribution in [0.1, 0.15) is 114 Å². The molecule has 1 N–H and O–H groups in total. The van der Waals surface area contributed by atoms with Crippen molar-refractivity contribution >= 4 is 44.5 Å². The lowest BCUT2D eigenvalue weighted by molar-refractivity contribution is -0.141. The minimum absolute atomic E-state index is 0.0426. The van der Waals surface area contributed by atoms with Crippen molar-refractivity contribution < 1.29 is 44.5 Å². The van der Waals surface area contributed by atoms with E-state index in [4.69, 9.17) is 13.0 Å². The highest BCUT2D eigenvalue weighted by atomic mass is 32.2. The number of thioether (sulfide) groups is 1. The molecule has 5 atom stereocenters. The van der Waals surface area contributed by atoms with Crippen LogP contribution in [0.4, 0.5) is 13.2 Å². The third kappa shape index (κ3) is 14.3. The zero-order valence-electron chi connectivity index (χ0n) is 32.3. The minimum atomic E-state index is -5.91. The zero-order chi connectivity index (χ0) is 38.2. The van der Waals surface area contributed by atoms with Gasteiger partial charge in [0.1, 0.15) is 5.76 Å². The normalized spacial score (nSPS) is 20.6. The van der Waals surface area contributed by atoms with Crippen molar-refractivity contribution in [2.45, 2.75) is 168 Å². The van der Waals surface area contributed by atoms with Crippen LogP contribution in [0.5, 0.6) is 0 Å². The highest BCUT2D eigenvalue weighted by molar-refractivity contribution is 8.03. The second kappa shape index (κ2) is 18.3. The van der Waals surface area contributed by atoms with Gasteiger partial charge in [-0.1, -0.05) is 100 Å². The second-order valence-corrected chi connectivity index (χ2v) is 29.0. The third-order valence-electron chi connectivity index (χ3n) is 10.3. The lowest BCUT2D eigenvalue weighted by atomic mass is 9.96. The zero-order valence-corrected chi connectivity index (χ0v) is 35.9. The Bertz CT molecular complexity index is 1240. The number of carbonyl (C=O) groups is 1. The summed E-state index contributed by atoms with van der Waals surface area (Å²) in [7, 11) is -10.6. The number of hydrogen-bond donors (Lipinski definition) is 1. The summed E-state index contributed by atoms with van der Waals surface area (Å²) in [6.45, 7) is 27.3. The first kappa shape index (κ1) is 46.2. The maximum absolute atomic E-state index is 13.6. The summed E-state index contributed by atoms with van der Waals surface area (Å²) in [6, 6.07) is 0. The van der Waals surface area contributed by atoms with Crippen molar-refractivity contribution in [2.75, 3.05) is 5.75 Å². The Labute approximate surface area is 302 Å². The second-order valence-electron chi connectivity index (χ2n) is 16.8. The first-order chi connectivity index (χ1) is 22.1. The van der Waals surface area contributed by atoms with Gasteiger partial charge in [0, 0.05) is 17.2 Å². The highest BCUT2D eigenvalue weighted by Crippen LogP contribution is 2.48. The van der Waals surface area contributed by atoms with Crippen LogP contribution in [0, 0.1) is 17.8 Å². The van der Waals surface area contributed by atoms with Crippen molar-refractivity contribution in [1.82, 2.24) is 0 Å². The predicted octanol–water partition coefficient (Wildman–Crippen LogP) is 11.3. The van der Waals surface area contributed by atoms with Gasteiger partial charge in [-0.05, 0) is 67.2 Å². The summed E-state index contributed by atoms with van der Waals surface area (Å²) < 4.78 is 84.1. The Hall–Kier alpha value is -0.806. The lowest BCUT2D eigenvalue weighted by Crippen LogP contribution is -2.45. The molecule has 1 rings (SSSR count).